The molecule has 1 heterocycles. The Morgan fingerprint density at radius 1 is 1.06 bits per heavy atom. The van der Waals surface area contributed by atoms with Gasteiger partial charge in [-0.15, -0.1) is 0 Å². The van der Waals surface area contributed by atoms with E-state index in [0.29, 0.717) is 10.1 Å². The molecule has 3 heteroatoms. The van der Waals surface area contributed by atoms with E-state index in [4.69, 9.17) is 23.2 Å². The van der Waals surface area contributed by atoms with Crippen LogP contribution in [0.5, 0.6) is 0 Å². The third-order valence-corrected chi connectivity index (χ3v) is 2.63. The van der Waals surface area contributed by atoms with Gasteiger partial charge in [0, 0.05) is 11.2 Å². The highest BCUT2D eigenvalue weighted by molar-refractivity contribution is 6.51. The molecule has 0 unspecified atom stereocenters. The average molecular weight is 250 g/mol. The fourth-order valence-electron chi connectivity index (χ4n) is 1.28. The van der Waals surface area contributed by atoms with Gasteiger partial charge in [-0.2, -0.15) is 0 Å². The summed E-state index contributed by atoms with van der Waals surface area (Å²) in [5, 5.41) is 1.33. The molecule has 2 aromatic rings. The lowest BCUT2D eigenvalue weighted by atomic mass is 10.2. The fourth-order valence-corrected chi connectivity index (χ4v) is 1.65. The molecule has 0 radical (unpaired) electrons. The van der Waals surface area contributed by atoms with Gasteiger partial charge in [-0.3, -0.25) is 4.98 Å². The third-order valence-electron chi connectivity index (χ3n) is 2.07. The lowest BCUT2D eigenvalue weighted by molar-refractivity contribution is 1.29. The Kier molecular flexibility index (Phi) is 3.60. The Labute approximate surface area is 104 Å². The summed E-state index contributed by atoms with van der Waals surface area (Å²) in [6.07, 6.45) is 3.58. The van der Waals surface area contributed by atoms with Gasteiger partial charge in [-0.1, -0.05) is 41.4 Å². The van der Waals surface area contributed by atoms with Crippen molar-refractivity contribution in [3.05, 3.63) is 64.9 Å². The van der Waals surface area contributed by atoms with Crippen LogP contribution in [-0.4, -0.2) is 4.98 Å². The minimum Gasteiger partial charge on any atom is -0.255 e. The van der Waals surface area contributed by atoms with Crippen molar-refractivity contribution < 1.29 is 0 Å². The first-order valence-electron chi connectivity index (χ1n) is 4.80. The molecule has 0 aliphatic carbocycles. The minimum absolute atomic E-state index is 0.614. The van der Waals surface area contributed by atoms with Crippen LogP contribution in [0.25, 0.3) is 11.1 Å². The monoisotopic (exact) mass is 249 g/mol. The maximum absolute atomic E-state index is 6.15. The highest BCUT2D eigenvalue weighted by Crippen LogP contribution is 2.20. The smallest absolute Gasteiger partial charge is 0.0816 e. The number of pyridine rings is 1. The Bertz CT molecular complexity index is 489. The first-order chi connectivity index (χ1) is 7.75. The summed E-state index contributed by atoms with van der Waals surface area (Å²) in [5.74, 6) is 0. The normalized spacial score (nSPS) is 11.5. The second kappa shape index (κ2) is 5.15. The highest BCUT2D eigenvalue weighted by Gasteiger charge is 1.98. The summed E-state index contributed by atoms with van der Waals surface area (Å²) in [6, 6.07) is 13.1. The van der Waals surface area contributed by atoms with Crippen LogP contribution in [0.2, 0.25) is 5.02 Å². The zero-order valence-corrected chi connectivity index (χ0v) is 9.91. The molecule has 0 aliphatic rings. The van der Waals surface area contributed by atoms with Crippen molar-refractivity contribution in [3.8, 4) is 0 Å². The highest BCUT2D eigenvalue weighted by atomic mass is 35.5. The van der Waals surface area contributed by atoms with Gasteiger partial charge in [-0.05, 0) is 35.9 Å². The molecule has 0 amide bonds. The molecule has 16 heavy (non-hydrogen) atoms. The number of rotatable bonds is 2. The molecule has 0 bridgehead atoms. The molecule has 0 spiro atoms. The van der Waals surface area contributed by atoms with E-state index in [2.05, 4.69) is 4.98 Å². The van der Waals surface area contributed by atoms with Crippen LogP contribution >= 0.6 is 23.2 Å². The van der Waals surface area contributed by atoms with E-state index in [-0.39, 0.29) is 0 Å². The van der Waals surface area contributed by atoms with E-state index >= 15 is 0 Å². The molecule has 1 nitrogen and oxygen atoms in total. The zero-order chi connectivity index (χ0) is 11.4. The quantitative estimate of drug-likeness (QED) is 0.766. The van der Waals surface area contributed by atoms with Gasteiger partial charge in [0.15, 0.2) is 0 Å². The van der Waals surface area contributed by atoms with Gasteiger partial charge in [0.2, 0.25) is 0 Å². The number of hydrogen-bond donors (Lipinski definition) is 0. The Hall–Kier alpha value is -1.31. The van der Waals surface area contributed by atoms with Crippen molar-refractivity contribution in [3.63, 3.8) is 0 Å². The number of halogens is 2. The topological polar surface area (TPSA) is 12.9 Å². The molecule has 0 aliphatic heterocycles. The molecule has 0 atom stereocenters. The van der Waals surface area contributed by atoms with Crippen LogP contribution in [0.3, 0.4) is 0 Å². The van der Waals surface area contributed by atoms with Crippen molar-refractivity contribution in [2.75, 3.05) is 0 Å². The standard InChI is InChI=1S/C13H9Cl2N/c14-11-6-4-10(5-7-11)9-12(15)13-3-1-2-8-16-13/h1-9H/b12-9-. The first-order valence-corrected chi connectivity index (χ1v) is 5.55. The molecule has 1 aromatic heterocycles. The number of aromatic nitrogens is 1. The Morgan fingerprint density at radius 2 is 1.81 bits per heavy atom. The van der Waals surface area contributed by atoms with E-state index in [9.17, 15) is 0 Å². The summed E-state index contributed by atoms with van der Waals surface area (Å²) in [6.45, 7) is 0. The van der Waals surface area contributed by atoms with E-state index in [1.165, 1.54) is 0 Å². The Balaban J connectivity index is 2.28. The lowest BCUT2D eigenvalue weighted by Crippen LogP contribution is -1.81. The van der Waals surface area contributed by atoms with Gasteiger partial charge in [-0.25, -0.2) is 0 Å². The second-order valence-electron chi connectivity index (χ2n) is 3.26. The predicted molar refractivity (Wildman–Crippen MR) is 69.4 cm³/mol. The van der Waals surface area contributed by atoms with Crippen LogP contribution in [-0.2, 0) is 0 Å². The van der Waals surface area contributed by atoms with E-state index in [1.807, 2.05) is 48.5 Å². The zero-order valence-electron chi connectivity index (χ0n) is 8.40. The molecular formula is C13H9Cl2N. The van der Waals surface area contributed by atoms with Crippen molar-refractivity contribution in [1.29, 1.82) is 0 Å². The number of hydrogen-bond acceptors (Lipinski definition) is 1. The summed E-state index contributed by atoms with van der Waals surface area (Å²) in [7, 11) is 0. The maximum atomic E-state index is 6.15. The van der Waals surface area contributed by atoms with Crippen molar-refractivity contribution in [1.82, 2.24) is 4.98 Å². The van der Waals surface area contributed by atoms with E-state index in [0.717, 1.165) is 11.3 Å². The van der Waals surface area contributed by atoms with Gasteiger partial charge >= 0.3 is 0 Å². The minimum atomic E-state index is 0.614. The van der Waals surface area contributed by atoms with Crippen molar-refractivity contribution in [2.24, 2.45) is 0 Å². The van der Waals surface area contributed by atoms with Crippen molar-refractivity contribution in [2.45, 2.75) is 0 Å². The van der Waals surface area contributed by atoms with Gasteiger partial charge < -0.3 is 0 Å². The fraction of sp³-hybridized carbons (Fsp3) is 0. The molecule has 80 valence electrons. The number of nitrogens with zero attached hydrogens (tertiary/aromatic N) is 1. The summed E-state index contributed by atoms with van der Waals surface area (Å²) in [5.41, 5.74) is 1.76. The van der Waals surface area contributed by atoms with Crippen LogP contribution in [0.15, 0.2) is 48.7 Å². The third kappa shape index (κ3) is 2.84. The largest absolute Gasteiger partial charge is 0.255 e. The second-order valence-corrected chi connectivity index (χ2v) is 4.10. The van der Waals surface area contributed by atoms with Crippen LogP contribution in [0, 0.1) is 0 Å². The molecule has 0 saturated carbocycles. The van der Waals surface area contributed by atoms with E-state index in [1.54, 1.807) is 6.20 Å². The van der Waals surface area contributed by atoms with Crippen LogP contribution in [0.1, 0.15) is 11.3 Å². The van der Waals surface area contributed by atoms with Crippen LogP contribution in [0.4, 0.5) is 0 Å². The molecule has 1 aromatic carbocycles. The van der Waals surface area contributed by atoms with Gasteiger partial charge in [0.1, 0.15) is 0 Å². The van der Waals surface area contributed by atoms with Crippen LogP contribution < -0.4 is 0 Å². The SMILES string of the molecule is Cl/C(=C\c1ccc(Cl)cc1)c1ccccn1. The molecule has 2 rings (SSSR count). The first kappa shape index (κ1) is 11.2. The predicted octanol–water partition coefficient (Wildman–Crippen LogP) is 4.47. The van der Waals surface area contributed by atoms with Gasteiger partial charge in [0.25, 0.3) is 0 Å². The Morgan fingerprint density at radius 3 is 2.44 bits per heavy atom. The summed E-state index contributed by atoms with van der Waals surface area (Å²) < 4.78 is 0. The average Bonchev–Trinajstić information content (AvgIpc) is 2.33. The summed E-state index contributed by atoms with van der Waals surface area (Å²) >= 11 is 11.9. The summed E-state index contributed by atoms with van der Waals surface area (Å²) in [4.78, 5) is 4.17. The molecular weight excluding hydrogens is 241 g/mol. The maximum Gasteiger partial charge on any atom is 0.0816 e. The molecule has 0 fully saturated rings. The molecule has 0 saturated heterocycles. The van der Waals surface area contributed by atoms with Crippen molar-refractivity contribution >= 4 is 34.3 Å². The number of benzene rings is 1. The van der Waals surface area contributed by atoms with Gasteiger partial charge in [0.05, 0.1) is 10.7 Å². The molecule has 0 N–H and O–H groups in total. The lowest BCUT2D eigenvalue weighted by Gasteiger charge is -1.98. The van der Waals surface area contributed by atoms with E-state index < -0.39 is 0 Å².